The van der Waals surface area contributed by atoms with Crippen LogP contribution in [0.1, 0.15) is 28.9 Å². The van der Waals surface area contributed by atoms with Crippen molar-refractivity contribution in [2.75, 3.05) is 33.3 Å². The largest absolute Gasteiger partial charge is 0.494 e. The minimum absolute atomic E-state index is 0.0240. The lowest BCUT2D eigenvalue weighted by Crippen LogP contribution is -2.51. The van der Waals surface area contributed by atoms with E-state index in [-0.39, 0.29) is 78.0 Å². The Bertz CT molecular complexity index is 1470. The number of amides is 2. The van der Waals surface area contributed by atoms with Gasteiger partial charge in [-0.2, -0.15) is 13.2 Å². The summed E-state index contributed by atoms with van der Waals surface area (Å²) < 4.78 is 50.8. The number of hydrogen-bond donors (Lipinski definition) is 2. The third-order valence-corrected chi connectivity index (χ3v) is 6.33. The summed E-state index contributed by atoms with van der Waals surface area (Å²) in [5.41, 5.74) is 10.6. The quantitative estimate of drug-likeness (QED) is 0.349. The summed E-state index contributed by atoms with van der Waals surface area (Å²) in [5.74, 6) is -0.796. The van der Waals surface area contributed by atoms with E-state index in [0.717, 1.165) is 6.07 Å². The van der Waals surface area contributed by atoms with Crippen molar-refractivity contribution in [3.63, 3.8) is 0 Å². The summed E-state index contributed by atoms with van der Waals surface area (Å²) in [6.07, 6.45) is -4.16. The zero-order valence-corrected chi connectivity index (χ0v) is 21.0. The second kappa shape index (κ2) is 10.7. The van der Waals surface area contributed by atoms with Crippen LogP contribution in [0.2, 0.25) is 0 Å². The Hall–Kier alpha value is -4.46. The molecule has 14 heteroatoms. The van der Waals surface area contributed by atoms with Gasteiger partial charge >= 0.3 is 6.18 Å². The molecule has 1 aromatic carbocycles. The number of fused-ring (bicyclic) bond motifs is 1. The molecule has 2 aromatic heterocycles. The van der Waals surface area contributed by atoms with Gasteiger partial charge in [-0.3, -0.25) is 14.4 Å². The van der Waals surface area contributed by atoms with E-state index in [2.05, 4.69) is 9.97 Å². The van der Waals surface area contributed by atoms with Crippen LogP contribution in [0.15, 0.2) is 40.0 Å². The number of nitrogens with two attached hydrogens (primary N) is 2. The van der Waals surface area contributed by atoms with Gasteiger partial charge in [0.1, 0.15) is 28.9 Å². The van der Waals surface area contributed by atoms with E-state index < -0.39 is 23.7 Å². The fraction of sp³-hybridized carbons (Fsp3) is 0.320. The Morgan fingerprint density at radius 2 is 1.77 bits per heavy atom. The van der Waals surface area contributed by atoms with Crippen molar-refractivity contribution >= 4 is 29.0 Å². The summed E-state index contributed by atoms with van der Waals surface area (Å²) in [7, 11) is 1.31. The van der Waals surface area contributed by atoms with Gasteiger partial charge in [-0.15, -0.1) is 0 Å². The maximum Gasteiger partial charge on any atom is 0.433 e. The minimum Gasteiger partial charge on any atom is -0.494 e. The van der Waals surface area contributed by atoms with E-state index in [4.69, 9.17) is 20.6 Å². The lowest BCUT2D eigenvalue weighted by atomic mass is 10.1. The van der Waals surface area contributed by atoms with Crippen molar-refractivity contribution in [1.82, 2.24) is 19.8 Å². The predicted molar refractivity (Wildman–Crippen MR) is 132 cm³/mol. The third-order valence-electron chi connectivity index (χ3n) is 6.33. The number of ether oxygens (including phenoxy) is 1. The third kappa shape index (κ3) is 5.27. The highest BCUT2D eigenvalue weighted by Crippen LogP contribution is 2.37. The van der Waals surface area contributed by atoms with E-state index in [1.807, 2.05) is 0 Å². The standard InChI is InChI=1S/C25H25F3N6O5/c1-13(12-35)19(30)23(36)33-7-9-34(10-8-33)24(37)21-17(11-29)39-22(32-21)15-3-5-16(38-2)20-14(15)4-6-18(31-20)25(26,27)28/h3-6,12H,7-11,29-30H2,1-2H3. The topological polar surface area (TPSA) is 158 Å². The van der Waals surface area contributed by atoms with Crippen molar-refractivity contribution < 1.29 is 36.7 Å². The van der Waals surface area contributed by atoms with Crippen molar-refractivity contribution in [2.45, 2.75) is 19.6 Å². The van der Waals surface area contributed by atoms with Crippen LogP contribution < -0.4 is 16.2 Å². The molecule has 0 spiro atoms. The Morgan fingerprint density at radius 3 is 2.36 bits per heavy atom. The van der Waals surface area contributed by atoms with Gasteiger partial charge in [0.25, 0.3) is 11.8 Å². The Kier molecular flexibility index (Phi) is 7.58. The maximum absolute atomic E-state index is 13.3. The van der Waals surface area contributed by atoms with E-state index in [1.54, 1.807) is 6.07 Å². The molecule has 0 bridgehead atoms. The number of oxazole rings is 1. The van der Waals surface area contributed by atoms with Gasteiger partial charge in [0, 0.05) is 42.7 Å². The smallest absolute Gasteiger partial charge is 0.433 e. The normalized spacial score (nSPS) is 14.8. The van der Waals surface area contributed by atoms with Gasteiger partial charge < -0.3 is 30.4 Å². The summed E-state index contributed by atoms with van der Waals surface area (Å²) in [6, 6.07) is 5.05. The first-order valence-electron chi connectivity index (χ1n) is 11.7. The van der Waals surface area contributed by atoms with Gasteiger partial charge in [-0.25, -0.2) is 9.97 Å². The van der Waals surface area contributed by atoms with Crippen molar-refractivity contribution in [3.8, 4) is 17.2 Å². The SMILES string of the molecule is COc1ccc(-c2nc(C(=O)N3CCN(C(=O)C(N)=C(C)C=O)CC3)c(CN)o2)c2ccc(C(F)(F)F)nc12. The summed E-state index contributed by atoms with van der Waals surface area (Å²) in [5, 5.41) is 0.273. The average molecular weight is 547 g/mol. The minimum atomic E-state index is -4.66. The molecule has 0 atom stereocenters. The number of allylic oxidation sites excluding steroid dienone is 1. The predicted octanol–water partition coefficient (Wildman–Crippen LogP) is 2.09. The molecule has 1 fully saturated rings. The number of halogens is 3. The highest BCUT2D eigenvalue weighted by atomic mass is 19.4. The summed E-state index contributed by atoms with van der Waals surface area (Å²) in [6.45, 7) is 1.96. The molecule has 1 saturated heterocycles. The van der Waals surface area contributed by atoms with Crippen molar-refractivity contribution in [2.24, 2.45) is 11.5 Å². The zero-order chi connectivity index (χ0) is 28.5. The molecule has 206 valence electrons. The highest BCUT2D eigenvalue weighted by Gasteiger charge is 2.34. The van der Waals surface area contributed by atoms with E-state index in [0.29, 0.717) is 11.8 Å². The zero-order valence-electron chi connectivity index (χ0n) is 21.0. The maximum atomic E-state index is 13.3. The molecular weight excluding hydrogens is 521 g/mol. The van der Waals surface area contributed by atoms with Crippen LogP contribution in [0.25, 0.3) is 22.4 Å². The molecule has 11 nitrogen and oxygen atoms in total. The summed E-state index contributed by atoms with van der Waals surface area (Å²) >= 11 is 0. The number of methoxy groups -OCH3 is 1. The first-order chi connectivity index (χ1) is 18.5. The molecule has 0 unspecified atom stereocenters. The fourth-order valence-electron chi connectivity index (χ4n) is 4.14. The van der Waals surface area contributed by atoms with Gasteiger partial charge in [0.15, 0.2) is 11.5 Å². The Labute approximate surface area is 220 Å². The number of alkyl halides is 3. The van der Waals surface area contributed by atoms with E-state index in [1.165, 1.54) is 36.0 Å². The van der Waals surface area contributed by atoms with Crippen LogP contribution in [-0.4, -0.2) is 71.2 Å². The molecule has 0 radical (unpaired) electrons. The average Bonchev–Trinajstić information content (AvgIpc) is 3.38. The molecule has 1 aliphatic heterocycles. The molecule has 3 heterocycles. The van der Waals surface area contributed by atoms with Gasteiger partial charge in [0.05, 0.1) is 13.7 Å². The fourth-order valence-corrected chi connectivity index (χ4v) is 4.14. The second-order valence-electron chi connectivity index (χ2n) is 8.70. The first-order valence-corrected chi connectivity index (χ1v) is 11.7. The Balaban J connectivity index is 1.63. The van der Waals surface area contributed by atoms with Crippen molar-refractivity contribution in [1.29, 1.82) is 0 Å². The highest BCUT2D eigenvalue weighted by molar-refractivity contribution is 5.99. The van der Waals surface area contributed by atoms with Gasteiger partial charge in [-0.05, 0) is 31.2 Å². The molecule has 0 aliphatic carbocycles. The van der Waals surface area contributed by atoms with Gasteiger partial charge in [0.2, 0.25) is 5.89 Å². The van der Waals surface area contributed by atoms with E-state index >= 15 is 0 Å². The number of pyridine rings is 1. The number of nitrogens with zero attached hydrogens (tertiary/aromatic N) is 4. The number of carbonyl (C=O) groups excluding carboxylic acids is 3. The molecule has 2 amide bonds. The van der Waals surface area contributed by atoms with Crippen LogP contribution in [0, 0.1) is 0 Å². The summed E-state index contributed by atoms with van der Waals surface area (Å²) in [4.78, 5) is 47.7. The van der Waals surface area contributed by atoms with Crippen LogP contribution in [0.5, 0.6) is 5.75 Å². The number of benzene rings is 1. The van der Waals surface area contributed by atoms with Crippen LogP contribution in [0.3, 0.4) is 0 Å². The number of rotatable bonds is 6. The number of carbonyl (C=O) groups is 3. The first kappa shape index (κ1) is 27.6. The van der Waals surface area contributed by atoms with Crippen molar-refractivity contribution in [3.05, 3.63) is 52.7 Å². The number of hydrogen-bond acceptors (Lipinski definition) is 9. The van der Waals surface area contributed by atoms with E-state index in [9.17, 15) is 27.6 Å². The monoisotopic (exact) mass is 546 g/mol. The number of aromatic nitrogens is 2. The molecule has 3 aromatic rings. The van der Waals surface area contributed by atoms with Crippen LogP contribution in [0.4, 0.5) is 13.2 Å². The van der Waals surface area contributed by atoms with Gasteiger partial charge in [-0.1, -0.05) is 0 Å². The second-order valence-corrected chi connectivity index (χ2v) is 8.70. The molecule has 1 aliphatic rings. The number of aldehydes is 1. The molecule has 39 heavy (non-hydrogen) atoms. The van der Waals surface area contributed by atoms with Crippen LogP contribution in [-0.2, 0) is 22.3 Å². The molecule has 4 rings (SSSR count). The number of piperazine rings is 1. The molecular formula is C25H25F3N6O5. The lowest BCUT2D eigenvalue weighted by Gasteiger charge is -2.34. The molecule has 4 N–H and O–H groups in total. The molecule has 0 saturated carbocycles. The Morgan fingerprint density at radius 1 is 1.10 bits per heavy atom. The van der Waals surface area contributed by atoms with Crippen LogP contribution >= 0.6 is 0 Å². The lowest BCUT2D eigenvalue weighted by molar-refractivity contribution is -0.141.